The fourth-order valence-corrected chi connectivity index (χ4v) is 1.39. The molecule has 0 aliphatic rings. The Morgan fingerprint density at radius 1 is 1.53 bits per heavy atom. The van der Waals surface area contributed by atoms with E-state index in [0.717, 1.165) is 0 Å². The number of anilines is 1. The molecule has 0 aromatic heterocycles. The normalized spacial score (nSPS) is 9.82. The number of benzene rings is 1. The number of hydrogen-bond acceptors (Lipinski definition) is 4. The van der Waals surface area contributed by atoms with Gasteiger partial charge in [0.25, 0.3) is 0 Å². The minimum Gasteiger partial charge on any atom is -0.495 e. The number of ether oxygens (including phenoxy) is 1. The minimum absolute atomic E-state index is 0.184. The fraction of sp³-hybridized carbons (Fsp3) is 0.333. The summed E-state index contributed by atoms with van der Waals surface area (Å²) >= 11 is 0. The Kier molecular flexibility index (Phi) is 4.49. The number of likely N-dealkylation sites (N-methyl/N-ethyl adjacent to an activating group) is 1. The quantitative estimate of drug-likeness (QED) is 0.844. The van der Waals surface area contributed by atoms with Gasteiger partial charge in [-0.3, -0.25) is 4.79 Å². The molecule has 1 rings (SSSR count). The number of rotatable bonds is 4. The summed E-state index contributed by atoms with van der Waals surface area (Å²) in [5.74, 6) is 0.298. The number of nitriles is 1. The fourth-order valence-electron chi connectivity index (χ4n) is 1.39. The van der Waals surface area contributed by atoms with Crippen LogP contribution in [0.15, 0.2) is 18.2 Å². The van der Waals surface area contributed by atoms with Crippen LogP contribution in [0.4, 0.5) is 5.69 Å². The van der Waals surface area contributed by atoms with Gasteiger partial charge in [0.05, 0.1) is 19.2 Å². The van der Waals surface area contributed by atoms with Crippen molar-refractivity contribution >= 4 is 11.6 Å². The van der Waals surface area contributed by atoms with Crippen molar-refractivity contribution in [3.05, 3.63) is 23.8 Å². The summed E-state index contributed by atoms with van der Waals surface area (Å²) in [6.45, 7) is 0.253. The average molecular weight is 233 g/mol. The van der Waals surface area contributed by atoms with Crippen LogP contribution in [0.5, 0.6) is 5.75 Å². The first-order chi connectivity index (χ1) is 8.08. The van der Waals surface area contributed by atoms with Crippen molar-refractivity contribution in [3.8, 4) is 11.8 Å². The molecule has 5 heteroatoms. The monoisotopic (exact) mass is 233 g/mol. The Morgan fingerprint density at radius 3 is 2.76 bits per heavy atom. The van der Waals surface area contributed by atoms with E-state index in [2.05, 4.69) is 5.32 Å². The third-order valence-corrected chi connectivity index (χ3v) is 2.09. The summed E-state index contributed by atoms with van der Waals surface area (Å²) in [5.41, 5.74) is 0.806. The highest BCUT2D eigenvalue weighted by Crippen LogP contribution is 2.27. The van der Waals surface area contributed by atoms with Crippen molar-refractivity contribution in [1.82, 2.24) is 4.90 Å². The van der Waals surface area contributed by atoms with E-state index in [1.54, 1.807) is 37.2 Å². The van der Waals surface area contributed by atoms with Crippen LogP contribution in [0.1, 0.15) is 5.56 Å². The molecular formula is C12H15N3O2. The highest BCUT2D eigenvalue weighted by atomic mass is 16.5. The van der Waals surface area contributed by atoms with Crippen molar-refractivity contribution in [3.63, 3.8) is 0 Å². The first-order valence-electron chi connectivity index (χ1n) is 5.10. The van der Waals surface area contributed by atoms with Gasteiger partial charge in [-0.2, -0.15) is 5.26 Å². The number of carbonyl (C=O) groups excluding carboxylic acids is 1. The molecule has 0 heterocycles. The molecule has 1 aromatic rings. The minimum atomic E-state index is -0.184. The molecule has 5 nitrogen and oxygen atoms in total. The lowest BCUT2D eigenvalue weighted by Crippen LogP contribution is -2.27. The average Bonchev–Trinajstić information content (AvgIpc) is 2.28. The van der Waals surface area contributed by atoms with Gasteiger partial charge in [0.15, 0.2) is 0 Å². The van der Waals surface area contributed by atoms with Crippen molar-refractivity contribution in [2.24, 2.45) is 0 Å². The SMILES string of the molecule is COc1cccc(C#N)c1NC(=O)CN(C)C. The molecule has 0 bridgehead atoms. The Labute approximate surface area is 101 Å². The van der Waals surface area contributed by atoms with E-state index in [4.69, 9.17) is 10.00 Å². The van der Waals surface area contributed by atoms with Crippen molar-refractivity contribution in [2.75, 3.05) is 33.1 Å². The van der Waals surface area contributed by atoms with Gasteiger partial charge in [-0.05, 0) is 26.2 Å². The third-order valence-electron chi connectivity index (χ3n) is 2.09. The van der Waals surface area contributed by atoms with Crippen LogP contribution >= 0.6 is 0 Å². The molecular weight excluding hydrogens is 218 g/mol. The van der Waals surface area contributed by atoms with Crippen molar-refractivity contribution < 1.29 is 9.53 Å². The van der Waals surface area contributed by atoms with E-state index in [1.807, 2.05) is 6.07 Å². The second-order valence-corrected chi connectivity index (χ2v) is 3.78. The Balaban J connectivity index is 2.96. The Morgan fingerprint density at radius 2 is 2.24 bits per heavy atom. The number of hydrogen-bond donors (Lipinski definition) is 1. The molecule has 0 aliphatic heterocycles. The summed E-state index contributed by atoms with van der Waals surface area (Å²) in [6, 6.07) is 7.06. The highest BCUT2D eigenvalue weighted by Gasteiger charge is 2.12. The van der Waals surface area contributed by atoms with Gasteiger partial charge in [-0.1, -0.05) is 6.07 Å². The molecule has 0 saturated carbocycles. The lowest BCUT2D eigenvalue weighted by molar-refractivity contribution is -0.116. The predicted octanol–water partition coefficient (Wildman–Crippen LogP) is 1.07. The van der Waals surface area contributed by atoms with Crippen LogP contribution < -0.4 is 10.1 Å². The number of nitrogens with one attached hydrogen (secondary N) is 1. The molecule has 0 spiro atoms. The van der Waals surface area contributed by atoms with Gasteiger partial charge in [0.2, 0.25) is 5.91 Å². The Bertz CT molecular complexity index is 450. The lowest BCUT2D eigenvalue weighted by Gasteiger charge is -2.13. The maximum Gasteiger partial charge on any atom is 0.238 e. The van der Waals surface area contributed by atoms with Gasteiger partial charge in [0.1, 0.15) is 17.5 Å². The largest absolute Gasteiger partial charge is 0.495 e. The summed E-state index contributed by atoms with van der Waals surface area (Å²) < 4.78 is 5.11. The van der Waals surface area contributed by atoms with Crippen LogP contribution in [-0.2, 0) is 4.79 Å². The summed E-state index contributed by atoms with van der Waals surface area (Å²) in [6.07, 6.45) is 0. The number of carbonyl (C=O) groups is 1. The zero-order valence-electron chi connectivity index (χ0n) is 10.2. The summed E-state index contributed by atoms with van der Waals surface area (Å²) in [4.78, 5) is 13.4. The zero-order valence-corrected chi connectivity index (χ0v) is 10.2. The molecule has 1 aromatic carbocycles. The van der Waals surface area contributed by atoms with Crippen LogP contribution in [-0.4, -0.2) is 38.6 Å². The molecule has 0 radical (unpaired) electrons. The van der Waals surface area contributed by atoms with Crippen molar-refractivity contribution in [1.29, 1.82) is 5.26 Å². The van der Waals surface area contributed by atoms with Gasteiger partial charge >= 0.3 is 0 Å². The predicted molar refractivity (Wildman–Crippen MR) is 64.9 cm³/mol. The first-order valence-corrected chi connectivity index (χ1v) is 5.10. The molecule has 0 unspecified atom stereocenters. The van der Waals surface area contributed by atoms with Crippen molar-refractivity contribution in [2.45, 2.75) is 0 Å². The number of amides is 1. The second kappa shape index (κ2) is 5.87. The third kappa shape index (κ3) is 3.47. The first kappa shape index (κ1) is 13.0. The van der Waals surface area contributed by atoms with E-state index in [0.29, 0.717) is 17.0 Å². The van der Waals surface area contributed by atoms with Gasteiger partial charge in [-0.15, -0.1) is 0 Å². The van der Waals surface area contributed by atoms with E-state index in [9.17, 15) is 4.79 Å². The molecule has 1 N–H and O–H groups in total. The van der Waals surface area contributed by atoms with Gasteiger partial charge in [0, 0.05) is 0 Å². The second-order valence-electron chi connectivity index (χ2n) is 3.78. The topological polar surface area (TPSA) is 65.4 Å². The molecule has 0 atom stereocenters. The lowest BCUT2D eigenvalue weighted by atomic mass is 10.1. The van der Waals surface area contributed by atoms with Crippen LogP contribution in [0.3, 0.4) is 0 Å². The zero-order chi connectivity index (χ0) is 12.8. The molecule has 17 heavy (non-hydrogen) atoms. The molecule has 0 saturated heterocycles. The standard InChI is InChI=1S/C12H15N3O2/c1-15(2)8-11(16)14-12-9(7-13)5-4-6-10(12)17-3/h4-6H,8H2,1-3H3,(H,14,16). The molecule has 1 amide bonds. The Hall–Kier alpha value is -2.06. The number of para-hydroxylation sites is 1. The maximum atomic E-state index is 11.6. The summed E-state index contributed by atoms with van der Waals surface area (Å²) in [7, 11) is 5.10. The van der Waals surface area contributed by atoms with Gasteiger partial charge < -0.3 is 15.0 Å². The molecule has 0 fully saturated rings. The van der Waals surface area contributed by atoms with Gasteiger partial charge in [-0.25, -0.2) is 0 Å². The van der Waals surface area contributed by atoms with E-state index < -0.39 is 0 Å². The maximum absolute atomic E-state index is 11.6. The van der Waals surface area contributed by atoms with Crippen LogP contribution in [0.2, 0.25) is 0 Å². The summed E-state index contributed by atoms with van der Waals surface area (Å²) in [5, 5.41) is 11.7. The van der Waals surface area contributed by atoms with Crippen LogP contribution in [0.25, 0.3) is 0 Å². The van der Waals surface area contributed by atoms with Crippen LogP contribution in [0, 0.1) is 11.3 Å². The molecule has 0 aliphatic carbocycles. The van der Waals surface area contributed by atoms with E-state index in [-0.39, 0.29) is 12.5 Å². The number of methoxy groups -OCH3 is 1. The van der Waals surface area contributed by atoms with E-state index in [1.165, 1.54) is 7.11 Å². The highest BCUT2D eigenvalue weighted by molar-refractivity contribution is 5.95. The molecule has 90 valence electrons. The number of nitrogens with zero attached hydrogens (tertiary/aromatic N) is 2. The van der Waals surface area contributed by atoms with E-state index >= 15 is 0 Å². The smallest absolute Gasteiger partial charge is 0.238 e.